The van der Waals surface area contributed by atoms with Crippen molar-refractivity contribution in [2.45, 2.75) is 65.6 Å². The van der Waals surface area contributed by atoms with E-state index in [-0.39, 0.29) is 12.2 Å². The molecule has 0 spiro atoms. The molecule has 0 aliphatic carbocycles. The smallest absolute Gasteiger partial charge is 0.312 e. The van der Waals surface area contributed by atoms with Crippen molar-refractivity contribution in [3.63, 3.8) is 0 Å². The van der Waals surface area contributed by atoms with Crippen molar-refractivity contribution in [1.82, 2.24) is 0 Å². The molecule has 0 rings (SSSR count). The van der Waals surface area contributed by atoms with Gasteiger partial charge in [0.2, 0.25) is 0 Å². The minimum absolute atomic E-state index is 0.0625. The molecule has 0 aliphatic heterocycles. The molecule has 0 bridgehead atoms. The van der Waals surface area contributed by atoms with Crippen LogP contribution in [0.3, 0.4) is 0 Å². The van der Waals surface area contributed by atoms with Crippen molar-refractivity contribution >= 4 is 0 Å². The van der Waals surface area contributed by atoms with Crippen LogP contribution in [0.4, 0.5) is 0 Å². The van der Waals surface area contributed by atoms with Gasteiger partial charge < -0.3 is 9.47 Å². The highest BCUT2D eigenvalue weighted by Gasteiger charge is 2.35. The van der Waals surface area contributed by atoms with Gasteiger partial charge in [-0.3, -0.25) is 0 Å². The summed E-state index contributed by atoms with van der Waals surface area (Å²) in [6.45, 7) is 9.45. The van der Waals surface area contributed by atoms with Gasteiger partial charge in [-0.05, 0) is 34.1 Å². The number of hydrogen-bond acceptors (Lipinski definition) is 4. The van der Waals surface area contributed by atoms with Crippen LogP contribution in [0.25, 0.3) is 0 Å². The average Bonchev–Trinajstić information content (AvgIpc) is 2.02. The van der Waals surface area contributed by atoms with Crippen molar-refractivity contribution in [2.24, 2.45) is 0 Å². The van der Waals surface area contributed by atoms with Crippen molar-refractivity contribution in [2.75, 3.05) is 0 Å². The predicted octanol–water partition coefficient (Wildman–Crippen LogP) is 2.78. The summed E-state index contributed by atoms with van der Waals surface area (Å²) in [6, 6.07) is 0. The summed E-state index contributed by atoms with van der Waals surface area (Å²) < 4.78 is 10.9. The maximum absolute atomic E-state index is 8.86. The molecule has 0 amide bonds. The molecular formula is C10H22O4. The lowest BCUT2D eigenvalue weighted by atomic mass is 10.3. The summed E-state index contributed by atoms with van der Waals surface area (Å²) in [6.07, 6.45) is 1.18. The van der Waals surface area contributed by atoms with Crippen molar-refractivity contribution in [3.05, 3.63) is 0 Å². The van der Waals surface area contributed by atoms with Crippen LogP contribution in [-0.4, -0.2) is 23.4 Å². The summed E-state index contributed by atoms with van der Waals surface area (Å²) in [5.41, 5.74) is 0. The van der Waals surface area contributed by atoms with Gasteiger partial charge in [-0.25, -0.2) is 5.26 Å². The molecule has 0 aromatic carbocycles. The van der Waals surface area contributed by atoms with Crippen LogP contribution in [0.5, 0.6) is 0 Å². The lowest BCUT2D eigenvalue weighted by Gasteiger charge is -2.33. The second kappa shape index (κ2) is 6.35. The third-order valence-electron chi connectivity index (χ3n) is 1.53. The zero-order chi connectivity index (χ0) is 11.2. The van der Waals surface area contributed by atoms with E-state index in [2.05, 4.69) is 4.89 Å². The first kappa shape index (κ1) is 13.8. The van der Waals surface area contributed by atoms with Gasteiger partial charge in [0.05, 0.1) is 12.2 Å². The van der Waals surface area contributed by atoms with Gasteiger partial charge in [0, 0.05) is 6.42 Å². The molecule has 4 nitrogen and oxygen atoms in total. The van der Waals surface area contributed by atoms with Crippen LogP contribution in [0, 0.1) is 0 Å². The average molecular weight is 206 g/mol. The Morgan fingerprint density at radius 3 is 1.71 bits per heavy atom. The highest BCUT2D eigenvalue weighted by molar-refractivity contribution is 4.59. The molecule has 0 heterocycles. The van der Waals surface area contributed by atoms with E-state index in [1.54, 1.807) is 0 Å². The van der Waals surface area contributed by atoms with Crippen LogP contribution in [0.2, 0.25) is 0 Å². The highest BCUT2D eigenvalue weighted by atomic mass is 17.2. The topological polar surface area (TPSA) is 47.9 Å². The lowest BCUT2D eigenvalue weighted by Crippen LogP contribution is -2.42. The predicted molar refractivity (Wildman–Crippen MR) is 53.8 cm³/mol. The molecule has 0 atom stereocenters. The molecule has 0 saturated carbocycles. The largest absolute Gasteiger partial charge is 0.323 e. The molecule has 0 aliphatic rings. The van der Waals surface area contributed by atoms with E-state index in [0.29, 0.717) is 6.42 Å². The van der Waals surface area contributed by atoms with Crippen molar-refractivity contribution in [1.29, 1.82) is 0 Å². The van der Waals surface area contributed by atoms with Crippen LogP contribution in [0.15, 0.2) is 0 Å². The summed E-state index contributed by atoms with van der Waals surface area (Å²) in [4.78, 5) is 4.36. The Morgan fingerprint density at radius 1 is 1.07 bits per heavy atom. The summed E-state index contributed by atoms with van der Waals surface area (Å²) in [5.74, 6) is -1.31. The fourth-order valence-corrected chi connectivity index (χ4v) is 1.26. The second-order valence-corrected chi connectivity index (χ2v) is 3.86. The Morgan fingerprint density at radius 2 is 1.50 bits per heavy atom. The molecule has 0 unspecified atom stereocenters. The van der Waals surface area contributed by atoms with Gasteiger partial charge in [0.15, 0.2) is 0 Å². The lowest BCUT2D eigenvalue weighted by molar-refractivity contribution is -0.504. The minimum Gasteiger partial charge on any atom is -0.323 e. The van der Waals surface area contributed by atoms with Crippen LogP contribution >= 0.6 is 0 Å². The van der Waals surface area contributed by atoms with E-state index < -0.39 is 5.97 Å². The highest BCUT2D eigenvalue weighted by Crippen LogP contribution is 2.24. The van der Waals surface area contributed by atoms with Gasteiger partial charge in [-0.15, -0.1) is 0 Å². The fraction of sp³-hybridized carbons (Fsp3) is 1.00. The zero-order valence-electron chi connectivity index (χ0n) is 9.74. The van der Waals surface area contributed by atoms with Gasteiger partial charge in [0.25, 0.3) is 0 Å². The molecule has 0 aromatic rings. The Labute approximate surface area is 86.1 Å². The summed E-state index contributed by atoms with van der Waals surface area (Å²) >= 11 is 0. The molecule has 0 radical (unpaired) electrons. The first-order valence-electron chi connectivity index (χ1n) is 5.14. The maximum atomic E-state index is 8.86. The van der Waals surface area contributed by atoms with Crippen LogP contribution in [-0.2, 0) is 14.4 Å². The Kier molecular flexibility index (Phi) is 6.27. The second-order valence-electron chi connectivity index (χ2n) is 3.86. The van der Waals surface area contributed by atoms with E-state index in [1.807, 2.05) is 34.6 Å². The first-order valence-corrected chi connectivity index (χ1v) is 5.14. The molecule has 1 N–H and O–H groups in total. The number of ether oxygens (including phenoxy) is 2. The molecule has 86 valence electrons. The molecule has 14 heavy (non-hydrogen) atoms. The molecule has 0 saturated heterocycles. The van der Waals surface area contributed by atoms with Crippen LogP contribution < -0.4 is 0 Å². The number of rotatable bonds is 7. The van der Waals surface area contributed by atoms with Gasteiger partial charge in [-0.1, -0.05) is 6.92 Å². The monoisotopic (exact) mass is 206 g/mol. The fourth-order valence-electron chi connectivity index (χ4n) is 1.26. The summed E-state index contributed by atoms with van der Waals surface area (Å²) in [5, 5.41) is 8.86. The van der Waals surface area contributed by atoms with E-state index >= 15 is 0 Å². The van der Waals surface area contributed by atoms with Gasteiger partial charge in [-0.2, -0.15) is 4.89 Å². The van der Waals surface area contributed by atoms with E-state index in [9.17, 15) is 0 Å². The van der Waals surface area contributed by atoms with Crippen LogP contribution in [0.1, 0.15) is 47.5 Å². The SMILES string of the molecule is CCCC(OO)(OC(C)C)OC(C)C. The molecule has 4 heteroatoms. The Balaban J connectivity index is 4.42. The van der Waals surface area contributed by atoms with E-state index in [4.69, 9.17) is 14.7 Å². The number of hydrogen-bond donors (Lipinski definition) is 1. The standard InChI is InChI=1S/C10H22O4/c1-6-7-10(14-11,12-8(2)3)13-9(4)5/h8-9,11H,6-7H2,1-5H3. The Hall–Kier alpha value is -0.160. The Bertz CT molecular complexity index is 135. The summed E-state index contributed by atoms with van der Waals surface area (Å²) in [7, 11) is 0. The molecule has 0 fully saturated rings. The van der Waals surface area contributed by atoms with Crippen molar-refractivity contribution in [3.8, 4) is 0 Å². The van der Waals surface area contributed by atoms with Crippen molar-refractivity contribution < 1.29 is 19.6 Å². The van der Waals surface area contributed by atoms with E-state index in [0.717, 1.165) is 6.42 Å². The van der Waals surface area contributed by atoms with E-state index in [1.165, 1.54) is 0 Å². The molecule has 0 aromatic heterocycles. The quantitative estimate of drug-likeness (QED) is 0.395. The first-order chi connectivity index (χ1) is 6.45. The maximum Gasteiger partial charge on any atom is 0.312 e. The zero-order valence-corrected chi connectivity index (χ0v) is 9.74. The van der Waals surface area contributed by atoms with Gasteiger partial charge in [0.1, 0.15) is 0 Å². The third-order valence-corrected chi connectivity index (χ3v) is 1.53. The minimum atomic E-state index is -1.31. The normalized spacial score (nSPS) is 12.9. The third kappa shape index (κ3) is 4.91. The molecular weight excluding hydrogens is 184 g/mol. The van der Waals surface area contributed by atoms with Gasteiger partial charge >= 0.3 is 5.97 Å².